The highest BCUT2D eigenvalue weighted by Gasteiger charge is 2.38. The number of thiazole rings is 1. The zero-order valence-electron chi connectivity index (χ0n) is 24.3. The lowest BCUT2D eigenvalue weighted by molar-refractivity contribution is -0.143. The number of aromatic nitrogens is 1. The number of amides is 1. The molecule has 2 aliphatic heterocycles. The largest absolute Gasteiger partial charge is 0.496 e. The van der Waals surface area contributed by atoms with E-state index in [0.717, 1.165) is 16.9 Å². The van der Waals surface area contributed by atoms with Crippen molar-refractivity contribution in [2.24, 2.45) is 4.99 Å². The Morgan fingerprint density at radius 1 is 1.02 bits per heavy atom. The average Bonchev–Trinajstić information content (AvgIpc) is 3.45. The molecule has 0 unspecified atom stereocenters. The minimum Gasteiger partial charge on any atom is -0.496 e. The highest BCUT2D eigenvalue weighted by Crippen LogP contribution is 2.39. The van der Waals surface area contributed by atoms with Crippen molar-refractivity contribution in [3.05, 3.63) is 124 Å². The van der Waals surface area contributed by atoms with Crippen LogP contribution in [0.1, 0.15) is 43.5 Å². The molecule has 0 aliphatic carbocycles. The van der Waals surface area contributed by atoms with Crippen molar-refractivity contribution < 1.29 is 19.1 Å². The normalized spacial score (nSPS) is 17.0. The lowest BCUT2D eigenvalue weighted by atomic mass is 9.95. The fraction of sp³-hybridized carbons (Fsp3) is 0.212. The summed E-state index contributed by atoms with van der Waals surface area (Å²) in [4.78, 5) is 48.8. The van der Waals surface area contributed by atoms with E-state index in [2.05, 4.69) is 4.99 Å². The highest BCUT2D eigenvalue weighted by atomic mass is 35.5. The molecule has 1 amide bonds. The second-order valence-electron chi connectivity index (χ2n) is 10.7. The lowest BCUT2D eigenvalue weighted by Crippen LogP contribution is -2.41. The number of carbonyl (C=O) groups is 2. The molecule has 4 aromatic rings. The van der Waals surface area contributed by atoms with Gasteiger partial charge in [-0.1, -0.05) is 64.9 Å². The van der Waals surface area contributed by atoms with Crippen LogP contribution in [0.3, 0.4) is 0 Å². The van der Waals surface area contributed by atoms with Crippen LogP contribution in [0, 0.1) is 0 Å². The Morgan fingerprint density at radius 2 is 1.73 bits per heavy atom. The van der Waals surface area contributed by atoms with Crippen LogP contribution >= 0.6 is 34.5 Å². The molecule has 0 bridgehead atoms. The third-order valence-corrected chi connectivity index (χ3v) is 8.99. The van der Waals surface area contributed by atoms with E-state index in [4.69, 9.17) is 32.7 Å². The van der Waals surface area contributed by atoms with Crippen LogP contribution in [-0.4, -0.2) is 29.7 Å². The van der Waals surface area contributed by atoms with Crippen LogP contribution in [0.25, 0.3) is 5.57 Å². The number of hydrogen-bond acceptors (Lipinski definition) is 7. The van der Waals surface area contributed by atoms with Crippen molar-refractivity contribution in [3.8, 4) is 5.75 Å². The quantitative estimate of drug-likeness (QED) is 0.261. The van der Waals surface area contributed by atoms with Gasteiger partial charge in [-0.3, -0.25) is 14.2 Å². The zero-order valence-corrected chi connectivity index (χ0v) is 26.6. The molecule has 0 radical (unpaired) electrons. The fourth-order valence-electron chi connectivity index (χ4n) is 5.55. The number of halogens is 2. The number of allylic oxidation sites excluding steroid dienone is 1. The molecule has 11 heteroatoms. The fourth-order valence-corrected chi connectivity index (χ4v) is 7.00. The summed E-state index contributed by atoms with van der Waals surface area (Å²) in [7, 11) is 1.50. The van der Waals surface area contributed by atoms with Gasteiger partial charge in [0.1, 0.15) is 16.3 Å². The van der Waals surface area contributed by atoms with Crippen LogP contribution in [0.15, 0.2) is 87.8 Å². The Labute approximate surface area is 267 Å². The third kappa shape index (κ3) is 5.15. The first-order valence-corrected chi connectivity index (χ1v) is 15.4. The van der Waals surface area contributed by atoms with E-state index in [1.54, 1.807) is 56.0 Å². The molecule has 224 valence electrons. The van der Waals surface area contributed by atoms with Crippen LogP contribution in [0.4, 0.5) is 5.69 Å². The molecule has 3 heterocycles. The van der Waals surface area contributed by atoms with Gasteiger partial charge in [0, 0.05) is 21.2 Å². The Morgan fingerprint density at radius 3 is 2.43 bits per heavy atom. The van der Waals surface area contributed by atoms with Gasteiger partial charge in [0.05, 0.1) is 42.3 Å². The van der Waals surface area contributed by atoms with E-state index in [1.807, 2.05) is 36.4 Å². The van der Waals surface area contributed by atoms with E-state index in [1.165, 1.54) is 11.7 Å². The second-order valence-corrected chi connectivity index (χ2v) is 12.5. The molecule has 0 spiro atoms. The second kappa shape index (κ2) is 11.7. The molecule has 0 saturated carbocycles. The summed E-state index contributed by atoms with van der Waals surface area (Å²) in [6, 6.07) is 18.7. The summed E-state index contributed by atoms with van der Waals surface area (Å²) in [6.07, 6.45) is -0.407. The highest BCUT2D eigenvalue weighted by molar-refractivity contribution is 7.07. The summed E-state index contributed by atoms with van der Waals surface area (Å²) < 4.78 is 12.9. The summed E-state index contributed by atoms with van der Waals surface area (Å²) in [5, 5.41) is 0.997. The molecule has 44 heavy (non-hydrogen) atoms. The van der Waals surface area contributed by atoms with Gasteiger partial charge in [0.25, 0.3) is 11.5 Å². The number of hydrogen-bond donors (Lipinski definition) is 0. The van der Waals surface area contributed by atoms with Crippen molar-refractivity contribution in [1.29, 1.82) is 0 Å². The van der Waals surface area contributed by atoms with E-state index in [9.17, 15) is 14.4 Å². The number of carbonyl (C=O) groups excluding carboxylic acids is 2. The molecule has 3 aromatic carbocycles. The maximum Gasteiger partial charge on any atom is 0.338 e. The summed E-state index contributed by atoms with van der Waals surface area (Å²) in [5.41, 5.74) is 3.11. The molecule has 1 atom stereocenters. The van der Waals surface area contributed by atoms with Gasteiger partial charge in [-0.05, 0) is 62.7 Å². The van der Waals surface area contributed by atoms with Crippen LogP contribution in [0.2, 0.25) is 10.0 Å². The van der Waals surface area contributed by atoms with E-state index in [-0.39, 0.29) is 21.6 Å². The molecule has 0 saturated heterocycles. The predicted molar refractivity (Wildman–Crippen MR) is 171 cm³/mol. The number of rotatable bonds is 6. The monoisotopic (exact) mass is 647 g/mol. The topological polar surface area (TPSA) is 90.2 Å². The molecule has 6 rings (SSSR count). The number of fused-ring (bicyclic) bond motifs is 2. The maximum atomic E-state index is 14.5. The van der Waals surface area contributed by atoms with Crippen molar-refractivity contribution in [1.82, 2.24) is 4.57 Å². The lowest BCUT2D eigenvalue weighted by Gasteiger charge is -2.26. The van der Waals surface area contributed by atoms with Crippen LogP contribution < -0.4 is 24.5 Å². The smallest absolute Gasteiger partial charge is 0.338 e. The van der Waals surface area contributed by atoms with Crippen LogP contribution in [-0.2, 0) is 20.9 Å². The number of esters is 1. The molecule has 8 nitrogen and oxygen atoms in total. The van der Waals surface area contributed by atoms with Gasteiger partial charge < -0.3 is 14.4 Å². The Kier molecular flexibility index (Phi) is 7.96. The van der Waals surface area contributed by atoms with E-state index >= 15 is 0 Å². The minimum absolute atomic E-state index is 0.186. The average molecular weight is 649 g/mol. The van der Waals surface area contributed by atoms with Crippen molar-refractivity contribution >= 4 is 57.7 Å². The Bertz CT molecular complexity index is 2050. The SMILES string of the molecule is COc1ccc(Cl)cc1[C@@H]1C(C(=O)OC(C)C)=C(C)N=c2s/c(=C3\C(=O)N(Cc4ccc(Cl)cc4)c4ccccc43)c(=O)n21. The van der Waals surface area contributed by atoms with E-state index in [0.29, 0.717) is 49.7 Å². The Balaban J connectivity index is 1.59. The van der Waals surface area contributed by atoms with Crippen molar-refractivity contribution in [2.45, 2.75) is 39.5 Å². The first-order chi connectivity index (χ1) is 21.1. The number of anilines is 1. The van der Waals surface area contributed by atoms with Gasteiger partial charge in [-0.25, -0.2) is 9.79 Å². The van der Waals surface area contributed by atoms with Gasteiger partial charge >= 0.3 is 5.97 Å². The molecule has 1 aromatic heterocycles. The number of ether oxygens (including phenoxy) is 2. The van der Waals surface area contributed by atoms with Crippen molar-refractivity contribution in [3.63, 3.8) is 0 Å². The Hall–Kier alpha value is -4.18. The third-order valence-electron chi connectivity index (χ3n) is 7.45. The maximum absolute atomic E-state index is 14.5. The minimum atomic E-state index is -0.961. The van der Waals surface area contributed by atoms with Crippen LogP contribution in [0.5, 0.6) is 5.75 Å². The van der Waals surface area contributed by atoms with Crippen molar-refractivity contribution in [2.75, 3.05) is 12.0 Å². The van der Waals surface area contributed by atoms with Gasteiger partial charge in [-0.2, -0.15) is 0 Å². The summed E-state index contributed by atoms with van der Waals surface area (Å²) in [5.74, 6) is -0.486. The standard InChI is InChI=1S/C33H27Cl2N3O5S/c1-17(2)43-32(41)26-18(3)36-33-38(28(26)23-15-21(35)13-14-25(23)42-4)31(40)29(44-33)27-22-7-5-6-8-24(22)37(30(27)39)16-19-9-11-20(34)12-10-19/h5-15,17,28H,16H2,1-4H3/b29-27-/t28-/m1/s1. The molecular formula is C33H27Cl2N3O5S. The summed E-state index contributed by atoms with van der Waals surface area (Å²) >= 11 is 13.6. The molecule has 2 aliphatic rings. The zero-order chi connectivity index (χ0) is 31.3. The molecule has 0 fully saturated rings. The van der Waals surface area contributed by atoms with E-state index < -0.39 is 23.7 Å². The first kappa shape index (κ1) is 29.9. The number of methoxy groups -OCH3 is 1. The number of para-hydroxylation sites is 1. The molecular weight excluding hydrogens is 621 g/mol. The van der Waals surface area contributed by atoms with Gasteiger partial charge in [0.15, 0.2) is 4.80 Å². The molecule has 0 N–H and O–H groups in total. The van der Waals surface area contributed by atoms with Gasteiger partial charge in [0.2, 0.25) is 0 Å². The first-order valence-electron chi connectivity index (χ1n) is 13.8. The summed E-state index contributed by atoms with van der Waals surface area (Å²) in [6.45, 7) is 5.49. The van der Waals surface area contributed by atoms with Gasteiger partial charge in [-0.15, -0.1) is 0 Å². The predicted octanol–water partition coefficient (Wildman–Crippen LogP) is 5.42. The number of benzene rings is 3. The number of nitrogens with zero attached hydrogens (tertiary/aromatic N) is 3.